The van der Waals surface area contributed by atoms with Crippen molar-refractivity contribution in [3.8, 4) is 0 Å². The Bertz CT molecular complexity index is 226. The summed E-state index contributed by atoms with van der Waals surface area (Å²) in [6, 6.07) is -0.164. The van der Waals surface area contributed by atoms with E-state index in [2.05, 4.69) is 27.7 Å². The number of amides is 1. The van der Waals surface area contributed by atoms with Gasteiger partial charge in [-0.2, -0.15) is 11.8 Å². The first kappa shape index (κ1) is 15.8. The van der Waals surface area contributed by atoms with Gasteiger partial charge < -0.3 is 10.6 Å². The van der Waals surface area contributed by atoms with Crippen LogP contribution < -0.4 is 5.73 Å². The quantitative estimate of drug-likeness (QED) is 0.806. The molecule has 0 aromatic carbocycles. The van der Waals surface area contributed by atoms with E-state index < -0.39 is 0 Å². The van der Waals surface area contributed by atoms with Crippen LogP contribution in [0.1, 0.15) is 34.1 Å². The maximum atomic E-state index is 12.0. The van der Waals surface area contributed by atoms with Gasteiger partial charge >= 0.3 is 0 Å². The van der Waals surface area contributed by atoms with Crippen molar-refractivity contribution in [1.29, 1.82) is 0 Å². The average molecular weight is 246 g/mol. The van der Waals surface area contributed by atoms with Crippen molar-refractivity contribution in [3.05, 3.63) is 0 Å². The third-order valence-corrected chi connectivity index (χ3v) is 3.78. The largest absolute Gasteiger partial charge is 0.341 e. The van der Waals surface area contributed by atoms with E-state index in [1.54, 1.807) is 16.7 Å². The Morgan fingerprint density at radius 3 is 2.31 bits per heavy atom. The molecule has 0 rings (SSSR count). The normalized spacial score (nSPS) is 15.7. The van der Waals surface area contributed by atoms with Gasteiger partial charge in [-0.1, -0.05) is 20.8 Å². The molecule has 2 N–H and O–H groups in total. The van der Waals surface area contributed by atoms with E-state index in [1.807, 2.05) is 13.3 Å². The molecule has 0 spiro atoms. The monoisotopic (exact) mass is 246 g/mol. The third-order valence-electron chi connectivity index (χ3n) is 3.13. The van der Waals surface area contributed by atoms with E-state index in [1.165, 1.54) is 0 Å². The molecule has 1 amide bonds. The zero-order valence-corrected chi connectivity index (χ0v) is 12.2. The molecule has 0 aliphatic carbocycles. The Hall–Kier alpha value is -0.220. The van der Waals surface area contributed by atoms with Crippen LogP contribution in [-0.2, 0) is 4.79 Å². The summed E-state index contributed by atoms with van der Waals surface area (Å²) < 4.78 is 0. The second-order valence-corrected chi connectivity index (χ2v) is 6.36. The van der Waals surface area contributed by atoms with Crippen molar-refractivity contribution in [2.45, 2.75) is 46.2 Å². The van der Waals surface area contributed by atoms with Gasteiger partial charge in [0.25, 0.3) is 0 Å². The Morgan fingerprint density at radius 2 is 1.94 bits per heavy atom. The van der Waals surface area contributed by atoms with Crippen molar-refractivity contribution < 1.29 is 4.79 Å². The number of nitrogens with zero attached hydrogens (tertiary/aromatic N) is 1. The minimum Gasteiger partial charge on any atom is -0.341 e. The van der Waals surface area contributed by atoms with Crippen molar-refractivity contribution >= 4 is 17.7 Å². The minimum atomic E-state index is -0.359. The first-order valence-corrected chi connectivity index (χ1v) is 7.12. The molecule has 0 fully saturated rings. The van der Waals surface area contributed by atoms with Crippen LogP contribution in [0.25, 0.3) is 0 Å². The molecule has 0 saturated heterocycles. The molecule has 0 aliphatic rings. The topological polar surface area (TPSA) is 46.3 Å². The summed E-state index contributed by atoms with van der Waals surface area (Å²) >= 11 is 1.72. The molecule has 0 aromatic rings. The first-order chi connectivity index (χ1) is 7.21. The van der Waals surface area contributed by atoms with Crippen LogP contribution in [0, 0.1) is 5.41 Å². The van der Waals surface area contributed by atoms with Crippen LogP contribution in [0.4, 0.5) is 0 Å². The number of thioether (sulfide) groups is 1. The van der Waals surface area contributed by atoms with Crippen LogP contribution in [0.3, 0.4) is 0 Å². The smallest absolute Gasteiger partial charge is 0.239 e. The van der Waals surface area contributed by atoms with Crippen LogP contribution in [0.5, 0.6) is 0 Å². The number of likely N-dealkylation sites (N-methyl/N-ethyl adjacent to an activating group) is 1. The maximum Gasteiger partial charge on any atom is 0.239 e. The van der Waals surface area contributed by atoms with Gasteiger partial charge in [-0.3, -0.25) is 4.79 Å². The van der Waals surface area contributed by atoms with Crippen molar-refractivity contribution in [1.82, 2.24) is 4.90 Å². The van der Waals surface area contributed by atoms with Gasteiger partial charge in [-0.15, -0.1) is 0 Å². The van der Waals surface area contributed by atoms with Crippen LogP contribution in [0.2, 0.25) is 0 Å². The van der Waals surface area contributed by atoms with Crippen molar-refractivity contribution in [3.63, 3.8) is 0 Å². The van der Waals surface area contributed by atoms with Crippen molar-refractivity contribution in [2.24, 2.45) is 11.1 Å². The molecular formula is C12H26N2OS. The summed E-state index contributed by atoms with van der Waals surface area (Å²) in [5.74, 6) is 0.987. The highest BCUT2D eigenvalue weighted by Gasteiger charge is 2.29. The van der Waals surface area contributed by atoms with Gasteiger partial charge in [0.2, 0.25) is 5.91 Å². The number of carbonyl (C=O) groups is 1. The summed E-state index contributed by atoms with van der Waals surface area (Å²) in [7, 11) is 1.84. The van der Waals surface area contributed by atoms with E-state index in [0.29, 0.717) is 0 Å². The minimum absolute atomic E-state index is 0.0523. The fourth-order valence-corrected chi connectivity index (χ4v) is 1.89. The van der Waals surface area contributed by atoms with E-state index in [-0.39, 0.29) is 23.4 Å². The number of nitrogens with two attached hydrogens (primary N) is 1. The molecule has 0 aromatic heterocycles. The highest BCUT2D eigenvalue weighted by atomic mass is 32.2. The summed E-state index contributed by atoms with van der Waals surface area (Å²) in [6.07, 6.45) is 2.78. The van der Waals surface area contributed by atoms with Gasteiger partial charge in [0.05, 0.1) is 6.04 Å². The second-order valence-electron chi connectivity index (χ2n) is 5.38. The molecule has 0 aliphatic heterocycles. The Labute approximate surface area is 104 Å². The first-order valence-electron chi connectivity index (χ1n) is 5.73. The number of hydrogen-bond donors (Lipinski definition) is 1. The molecule has 16 heavy (non-hydrogen) atoms. The summed E-state index contributed by atoms with van der Waals surface area (Å²) in [5.41, 5.74) is 5.97. The van der Waals surface area contributed by atoms with Crippen molar-refractivity contribution in [2.75, 3.05) is 19.1 Å². The van der Waals surface area contributed by atoms with E-state index in [9.17, 15) is 4.79 Å². The molecule has 3 nitrogen and oxygen atoms in total. The SMILES string of the molecule is CSCC[C@@H](N)C(=O)N(C)C(C)C(C)(C)C. The van der Waals surface area contributed by atoms with Crippen LogP contribution in [0.15, 0.2) is 0 Å². The van der Waals surface area contributed by atoms with Crippen LogP contribution >= 0.6 is 11.8 Å². The fourth-order valence-electron chi connectivity index (χ4n) is 1.40. The molecular weight excluding hydrogens is 220 g/mol. The molecule has 2 atom stereocenters. The van der Waals surface area contributed by atoms with E-state index >= 15 is 0 Å². The lowest BCUT2D eigenvalue weighted by molar-refractivity contribution is -0.135. The Morgan fingerprint density at radius 1 is 1.44 bits per heavy atom. The van der Waals surface area contributed by atoms with E-state index in [4.69, 9.17) is 5.73 Å². The van der Waals surface area contributed by atoms with Gasteiger partial charge in [0, 0.05) is 13.1 Å². The predicted molar refractivity (Wildman–Crippen MR) is 72.7 cm³/mol. The molecule has 0 saturated carbocycles. The Balaban J connectivity index is 4.37. The lowest BCUT2D eigenvalue weighted by Crippen LogP contribution is -2.49. The van der Waals surface area contributed by atoms with Gasteiger partial charge in [0.15, 0.2) is 0 Å². The summed E-state index contributed by atoms with van der Waals surface area (Å²) in [6.45, 7) is 8.47. The molecule has 96 valence electrons. The summed E-state index contributed by atoms with van der Waals surface area (Å²) in [4.78, 5) is 13.8. The maximum absolute atomic E-state index is 12.0. The zero-order chi connectivity index (χ0) is 12.9. The molecule has 1 unspecified atom stereocenters. The van der Waals surface area contributed by atoms with Gasteiger partial charge in [0.1, 0.15) is 0 Å². The lowest BCUT2D eigenvalue weighted by Gasteiger charge is -2.36. The average Bonchev–Trinajstić information content (AvgIpc) is 2.21. The zero-order valence-electron chi connectivity index (χ0n) is 11.4. The number of hydrogen-bond acceptors (Lipinski definition) is 3. The Kier molecular flexibility index (Phi) is 6.41. The second kappa shape index (κ2) is 6.50. The van der Waals surface area contributed by atoms with Crippen LogP contribution in [-0.4, -0.2) is 41.9 Å². The highest BCUT2D eigenvalue weighted by Crippen LogP contribution is 2.23. The number of carbonyl (C=O) groups excluding carboxylic acids is 1. The van der Waals surface area contributed by atoms with Gasteiger partial charge in [-0.05, 0) is 30.8 Å². The molecule has 0 bridgehead atoms. The third kappa shape index (κ3) is 4.74. The van der Waals surface area contributed by atoms with E-state index in [0.717, 1.165) is 12.2 Å². The molecule has 4 heteroatoms. The summed E-state index contributed by atoms with van der Waals surface area (Å²) in [5, 5.41) is 0. The fraction of sp³-hybridized carbons (Fsp3) is 0.917. The highest BCUT2D eigenvalue weighted by molar-refractivity contribution is 7.98. The predicted octanol–water partition coefficient (Wildman–Crippen LogP) is 1.96. The molecule has 0 heterocycles. The van der Waals surface area contributed by atoms with Gasteiger partial charge in [-0.25, -0.2) is 0 Å². The standard InChI is InChI=1S/C12H26N2OS/c1-9(12(2,3)4)14(5)11(15)10(13)7-8-16-6/h9-10H,7-8,13H2,1-6H3/t9?,10-/m1/s1. The number of rotatable bonds is 5. The lowest BCUT2D eigenvalue weighted by atomic mass is 9.87. The molecule has 0 radical (unpaired) electrons.